The highest BCUT2D eigenvalue weighted by atomic mass is 16.5. The van der Waals surface area contributed by atoms with Gasteiger partial charge in [-0.1, -0.05) is 0 Å². The fourth-order valence-electron chi connectivity index (χ4n) is 1.94. The van der Waals surface area contributed by atoms with E-state index in [1.165, 1.54) is 0 Å². The predicted octanol–water partition coefficient (Wildman–Crippen LogP) is 4.50. The topological polar surface area (TPSA) is 44.2 Å². The van der Waals surface area contributed by atoms with Gasteiger partial charge in [0.15, 0.2) is 0 Å². The lowest BCUT2D eigenvalue weighted by atomic mass is 10.1. The minimum absolute atomic E-state index is 0.247. The maximum Gasteiger partial charge on any atom is 0.123 e. The zero-order valence-electron chi connectivity index (χ0n) is 14.2. The van der Waals surface area contributed by atoms with Crippen LogP contribution < -0.4 is 9.47 Å². The Morgan fingerprint density at radius 1 is 0.682 bits per heavy atom. The molecular weight excluding hydrogens is 276 g/mol. The third-order valence-electron chi connectivity index (χ3n) is 2.57. The van der Waals surface area contributed by atoms with Gasteiger partial charge in [-0.05, 0) is 53.7 Å². The van der Waals surface area contributed by atoms with Crippen LogP contribution in [-0.2, 0) is 0 Å². The third-order valence-corrected chi connectivity index (χ3v) is 2.57. The normalized spacial score (nSPS) is 12.1. The monoisotopic (exact) mass is 300 g/mol. The first kappa shape index (κ1) is 16.3. The molecule has 0 aliphatic carbocycles. The molecule has 0 N–H and O–H groups in total. The smallest absolute Gasteiger partial charge is 0.123 e. The van der Waals surface area contributed by atoms with Crippen molar-refractivity contribution in [2.24, 2.45) is 0 Å². The summed E-state index contributed by atoms with van der Waals surface area (Å²) in [6.07, 6.45) is 3.46. The van der Waals surface area contributed by atoms with Crippen LogP contribution in [0.25, 0.3) is 11.4 Å². The van der Waals surface area contributed by atoms with Gasteiger partial charge in [0.25, 0.3) is 0 Å². The Morgan fingerprint density at radius 2 is 1.05 bits per heavy atom. The summed E-state index contributed by atoms with van der Waals surface area (Å²) in [5.41, 5.74) is 1.04. The first-order chi connectivity index (χ1) is 10.1. The van der Waals surface area contributed by atoms with Gasteiger partial charge in [-0.15, -0.1) is 0 Å². The molecule has 2 aromatic rings. The number of pyridine rings is 2. The van der Waals surface area contributed by atoms with E-state index < -0.39 is 0 Å². The second kappa shape index (κ2) is 5.95. The number of rotatable bonds is 3. The Balaban J connectivity index is 2.28. The molecule has 2 aromatic heterocycles. The summed E-state index contributed by atoms with van der Waals surface area (Å²) < 4.78 is 11.8. The average molecular weight is 300 g/mol. The van der Waals surface area contributed by atoms with Crippen molar-refractivity contribution in [2.45, 2.75) is 52.7 Å². The van der Waals surface area contributed by atoms with E-state index in [2.05, 4.69) is 9.97 Å². The van der Waals surface area contributed by atoms with E-state index in [1.54, 1.807) is 12.4 Å². The molecule has 0 bridgehead atoms. The largest absolute Gasteiger partial charge is 0.488 e. The minimum Gasteiger partial charge on any atom is -0.488 e. The molecule has 0 radical (unpaired) electrons. The van der Waals surface area contributed by atoms with Crippen molar-refractivity contribution in [1.82, 2.24) is 9.97 Å². The summed E-state index contributed by atoms with van der Waals surface area (Å²) in [5.74, 6) is 1.56. The molecule has 0 saturated carbocycles. The molecule has 0 fully saturated rings. The van der Waals surface area contributed by atoms with Gasteiger partial charge in [0.2, 0.25) is 0 Å². The van der Waals surface area contributed by atoms with Gasteiger partial charge in [-0.2, -0.15) is 0 Å². The third kappa shape index (κ3) is 5.02. The summed E-state index contributed by atoms with van der Waals surface area (Å²) in [6, 6.07) is 7.50. The maximum atomic E-state index is 5.88. The van der Waals surface area contributed by atoms with Crippen molar-refractivity contribution in [3.8, 4) is 22.9 Å². The lowest BCUT2D eigenvalue weighted by molar-refractivity contribution is 0.130. The van der Waals surface area contributed by atoms with Gasteiger partial charge < -0.3 is 9.47 Å². The molecule has 0 unspecified atom stereocenters. The molecule has 0 atom stereocenters. The van der Waals surface area contributed by atoms with Crippen LogP contribution in [0.2, 0.25) is 0 Å². The SMILES string of the molecule is CC(C)(C)Oc1ccnc(-c2cc(OC(C)(C)C)ccn2)c1. The van der Waals surface area contributed by atoms with Gasteiger partial charge in [0, 0.05) is 24.5 Å². The van der Waals surface area contributed by atoms with Crippen molar-refractivity contribution >= 4 is 0 Å². The lowest BCUT2D eigenvalue weighted by Gasteiger charge is -2.22. The number of nitrogens with zero attached hydrogens (tertiary/aromatic N) is 2. The zero-order valence-corrected chi connectivity index (χ0v) is 14.2. The zero-order chi connectivity index (χ0) is 16.4. The van der Waals surface area contributed by atoms with Crippen LogP contribution >= 0.6 is 0 Å². The van der Waals surface area contributed by atoms with Gasteiger partial charge in [0.05, 0.1) is 11.4 Å². The molecule has 0 aliphatic heterocycles. The van der Waals surface area contributed by atoms with E-state index in [4.69, 9.17) is 9.47 Å². The fourth-order valence-corrected chi connectivity index (χ4v) is 1.94. The summed E-state index contributed by atoms with van der Waals surface area (Å²) >= 11 is 0. The van der Waals surface area contributed by atoms with Gasteiger partial charge >= 0.3 is 0 Å². The summed E-state index contributed by atoms with van der Waals surface area (Å²) in [4.78, 5) is 8.76. The predicted molar refractivity (Wildman–Crippen MR) is 88.2 cm³/mol. The quantitative estimate of drug-likeness (QED) is 0.837. The van der Waals surface area contributed by atoms with Crippen molar-refractivity contribution in [1.29, 1.82) is 0 Å². The Labute approximate surface area is 132 Å². The Bertz CT molecular complexity index is 583. The van der Waals surface area contributed by atoms with Crippen LogP contribution in [-0.4, -0.2) is 21.2 Å². The minimum atomic E-state index is -0.247. The Morgan fingerprint density at radius 3 is 1.36 bits per heavy atom. The molecule has 2 rings (SSSR count). The van der Waals surface area contributed by atoms with Crippen molar-refractivity contribution in [3.63, 3.8) is 0 Å². The van der Waals surface area contributed by atoms with Crippen LogP contribution in [0, 0.1) is 0 Å². The number of hydrogen-bond donors (Lipinski definition) is 0. The molecule has 22 heavy (non-hydrogen) atoms. The van der Waals surface area contributed by atoms with Gasteiger partial charge in [-0.25, -0.2) is 0 Å². The molecule has 0 amide bonds. The van der Waals surface area contributed by atoms with Crippen molar-refractivity contribution in [2.75, 3.05) is 0 Å². The second-order valence-electron chi connectivity index (χ2n) is 7.18. The maximum absolute atomic E-state index is 5.88. The summed E-state index contributed by atoms with van der Waals surface area (Å²) in [6.45, 7) is 12.1. The second-order valence-corrected chi connectivity index (χ2v) is 7.18. The van der Waals surface area contributed by atoms with Crippen LogP contribution in [0.1, 0.15) is 41.5 Å². The highest BCUT2D eigenvalue weighted by Crippen LogP contribution is 2.26. The number of hydrogen-bond acceptors (Lipinski definition) is 4. The first-order valence-corrected chi connectivity index (χ1v) is 7.43. The molecule has 0 spiro atoms. The Hall–Kier alpha value is -2.10. The number of aromatic nitrogens is 2. The number of ether oxygens (including phenoxy) is 2. The van der Waals surface area contributed by atoms with Crippen molar-refractivity contribution < 1.29 is 9.47 Å². The molecule has 4 heteroatoms. The summed E-state index contributed by atoms with van der Waals surface area (Å²) in [7, 11) is 0. The van der Waals surface area contributed by atoms with Crippen LogP contribution in [0.5, 0.6) is 11.5 Å². The van der Waals surface area contributed by atoms with E-state index in [1.807, 2.05) is 65.8 Å². The Kier molecular flexibility index (Phi) is 4.40. The molecule has 0 saturated heterocycles. The standard InChI is InChI=1S/C18H24N2O2/c1-17(2,3)21-13-7-9-19-15(11-13)16-12-14(8-10-20-16)22-18(4,5)6/h7-12H,1-6H3. The van der Waals surface area contributed by atoms with Crippen molar-refractivity contribution in [3.05, 3.63) is 36.7 Å². The molecule has 0 aliphatic rings. The van der Waals surface area contributed by atoms with Crippen LogP contribution in [0.15, 0.2) is 36.7 Å². The van der Waals surface area contributed by atoms with Gasteiger partial charge in [0.1, 0.15) is 22.7 Å². The van der Waals surface area contributed by atoms with E-state index in [-0.39, 0.29) is 11.2 Å². The van der Waals surface area contributed by atoms with E-state index in [0.717, 1.165) is 22.9 Å². The molecule has 0 aromatic carbocycles. The molecular formula is C18H24N2O2. The van der Waals surface area contributed by atoms with Crippen LogP contribution in [0.4, 0.5) is 0 Å². The van der Waals surface area contributed by atoms with E-state index >= 15 is 0 Å². The molecule has 2 heterocycles. The highest BCUT2D eigenvalue weighted by molar-refractivity contribution is 5.57. The van der Waals surface area contributed by atoms with E-state index in [0.29, 0.717) is 0 Å². The first-order valence-electron chi connectivity index (χ1n) is 7.43. The summed E-state index contributed by atoms with van der Waals surface area (Å²) in [5, 5.41) is 0. The van der Waals surface area contributed by atoms with Crippen LogP contribution in [0.3, 0.4) is 0 Å². The lowest BCUT2D eigenvalue weighted by Crippen LogP contribution is -2.23. The highest BCUT2D eigenvalue weighted by Gasteiger charge is 2.14. The van der Waals surface area contributed by atoms with Gasteiger partial charge in [-0.3, -0.25) is 9.97 Å². The molecule has 118 valence electrons. The average Bonchev–Trinajstić information content (AvgIpc) is 2.35. The fraction of sp³-hybridized carbons (Fsp3) is 0.444. The van der Waals surface area contributed by atoms with E-state index in [9.17, 15) is 0 Å². The molecule has 4 nitrogen and oxygen atoms in total.